The van der Waals surface area contributed by atoms with Gasteiger partial charge in [-0.15, -0.1) is 0 Å². The van der Waals surface area contributed by atoms with Crippen molar-refractivity contribution in [3.63, 3.8) is 0 Å². The van der Waals surface area contributed by atoms with Gasteiger partial charge in [-0.25, -0.2) is 0 Å². The van der Waals surface area contributed by atoms with Crippen LogP contribution in [0.5, 0.6) is 5.75 Å². The predicted octanol–water partition coefficient (Wildman–Crippen LogP) is 4.72. The zero-order valence-corrected chi connectivity index (χ0v) is 15.1. The van der Waals surface area contributed by atoms with E-state index in [1.54, 1.807) is 7.11 Å². The van der Waals surface area contributed by atoms with E-state index in [2.05, 4.69) is 61.1 Å². The molecular formula is C17H28BrNO. The van der Waals surface area contributed by atoms with Gasteiger partial charge in [0.05, 0.1) is 7.11 Å². The molecule has 2 nitrogen and oxygen atoms in total. The summed E-state index contributed by atoms with van der Waals surface area (Å²) >= 11 is 3.61. The van der Waals surface area contributed by atoms with E-state index in [0.29, 0.717) is 5.41 Å². The van der Waals surface area contributed by atoms with Crippen molar-refractivity contribution in [3.05, 3.63) is 27.7 Å². The number of hydrogen-bond donors (Lipinski definition) is 1. The fourth-order valence-electron chi connectivity index (χ4n) is 2.25. The number of aryl methyl sites for hydroxylation is 2. The highest BCUT2D eigenvalue weighted by molar-refractivity contribution is 9.10. The van der Waals surface area contributed by atoms with Crippen LogP contribution in [0.15, 0.2) is 16.6 Å². The van der Waals surface area contributed by atoms with Gasteiger partial charge in [0.2, 0.25) is 0 Å². The van der Waals surface area contributed by atoms with Crippen molar-refractivity contribution in [3.8, 4) is 5.75 Å². The molecule has 0 fully saturated rings. The van der Waals surface area contributed by atoms with Gasteiger partial charge in [0.25, 0.3) is 0 Å². The van der Waals surface area contributed by atoms with E-state index in [0.717, 1.165) is 36.2 Å². The number of halogens is 1. The molecule has 0 aliphatic rings. The Morgan fingerprint density at radius 2 is 2.00 bits per heavy atom. The van der Waals surface area contributed by atoms with Crippen molar-refractivity contribution in [2.45, 2.75) is 47.0 Å². The predicted molar refractivity (Wildman–Crippen MR) is 90.7 cm³/mol. The molecular weight excluding hydrogens is 314 g/mol. The first-order valence-electron chi connectivity index (χ1n) is 7.43. The highest BCUT2D eigenvalue weighted by Gasteiger charge is 2.18. The van der Waals surface area contributed by atoms with Gasteiger partial charge in [-0.2, -0.15) is 0 Å². The lowest BCUT2D eigenvalue weighted by Gasteiger charge is -2.25. The van der Waals surface area contributed by atoms with Crippen LogP contribution < -0.4 is 10.1 Å². The monoisotopic (exact) mass is 341 g/mol. The van der Waals surface area contributed by atoms with E-state index in [9.17, 15) is 0 Å². The first-order valence-corrected chi connectivity index (χ1v) is 8.22. The lowest BCUT2D eigenvalue weighted by molar-refractivity contribution is 0.313. The molecule has 0 aromatic heterocycles. The minimum absolute atomic E-state index is 0.303. The minimum Gasteiger partial charge on any atom is -0.496 e. The Morgan fingerprint density at radius 1 is 1.30 bits per heavy atom. The molecule has 0 heterocycles. The molecule has 114 valence electrons. The van der Waals surface area contributed by atoms with Gasteiger partial charge in [-0.1, -0.05) is 36.7 Å². The fourth-order valence-corrected chi connectivity index (χ4v) is 2.64. The molecule has 0 atom stereocenters. The van der Waals surface area contributed by atoms with Crippen LogP contribution >= 0.6 is 15.9 Å². The maximum Gasteiger partial charge on any atom is 0.122 e. The minimum atomic E-state index is 0.303. The number of nitrogens with one attached hydrogen (secondary N) is 1. The highest BCUT2D eigenvalue weighted by Crippen LogP contribution is 2.30. The molecule has 0 aliphatic carbocycles. The van der Waals surface area contributed by atoms with Crippen molar-refractivity contribution in [2.75, 3.05) is 20.2 Å². The molecule has 1 aromatic rings. The average molecular weight is 342 g/mol. The van der Waals surface area contributed by atoms with Crippen molar-refractivity contribution in [2.24, 2.45) is 5.41 Å². The van der Waals surface area contributed by atoms with Crippen LogP contribution in [0.4, 0.5) is 0 Å². The van der Waals surface area contributed by atoms with Crippen molar-refractivity contribution >= 4 is 15.9 Å². The molecule has 0 saturated heterocycles. The summed E-state index contributed by atoms with van der Waals surface area (Å²) in [7, 11) is 1.75. The van der Waals surface area contributed by atoms with Crippen molar-refractivity contribution < 1.29 is 4.74 Å². The third-order valence-electron chi connectivity index (χ3n) is 3.66. The molecule has 3 heteroatoms. The van der Waals surface area contributed by atoms with Crippen LogP contribution in [-0.4, -0.2) is 20.2 Å². The Kier molecular flexibility index (Phi) is 7.04. The zero-order chi connectivity index (χ0) is 15.2. The Bertz CT molecular complexity index is 429. The quantitative estimate of drug-likeness (QED) is 0.690. The van der Waals surface area contributed by atoms with Gasteiger partial charge in [0, 0.05) is 11.0 Å². The largest absolute Gasteiger partial charge is 0.496 e. The van der Waals surface area contributed by atoms with Gasteiger partial charge in [0.15, 0.2) is 0 Å². The van der Waals surface area contributed by atoms with Crippen LogP contribution in [0.3, 0.4) is 0 Å². The molecule has 1 rings (SSSR count). The van der Waals surface area contributed by atoms with Crippen LogP contribution in [0.2, 0.25) is 0 Å². The smallest absolute Gasteiger partial charge is 0.122 e. The molecule has 0 spiro atoms. The topological polar surface area (TPSA) is 21.3 Å². The third kappa shape index (κ3) is 5.45. The second-order valence-corrected chi connectivity index (χ2v) is 7.11. The summed E-state index contributed by atoms with van der Waals surface area (Å²) in [5.74, 6) is 1.00. The molecule has 1 N–H and O–H groups in total. The summed E-state index contributed by atoms with van der Waals surface area (Å²) in [6, 6.07) is 4.31. The van der Waals surface area contributed by atoms with Crippen LogP contribution in [0, 0.1) is 12.3 Å². The molecule has 1 aromatic carbocycles. The molecule has 20 heavy (non-hydrogen) atoms. The number of ether oxygens (including phenoxy) is 1. The fraction of sp³-hybridized carbons (Fsp3) is 0.647. The number of rotatable bonds is 8. The Morgan fingerprint density at radius 3 is 2.60 bits per heavy atom. The standard InChI is InChI=1S/C17H28BrNO/c1-6-9-19-12-17(3,4)8-7-14-11-15(18)13(2)10-16(14)20-5/h10-11,19H,6-9,12H2,1-5H3. The molecule has 0 aliphatic heterocycles. The van der Waals surface area contributed by atoms with Gasteiger partial charge < -0.3 is 10.1 Å². The number of methoxy groups -OCH3 is 1. The molecule has 0 amide bonds. The van der Waals surface area contributed by atoms with Crippen molar-refractivity contribution in [1.29, 1.82) is 0 Å². The lowest BCUT2D eigenvalue weighted by atomic mass is 9.86. The van der Waals surface area contributed by atoms with E-state index < -0.39 is 0 Å². The van der Waals surface area contributed by atoms with E-state index in [-0.39, 0.29) is 0 Å². The normalized spacial score (nSPS) is 11.7. The molecule has 0 bridgehead atoms. The number of benzene rings is 1. The van der Waals surface area contributed by atoms with Gasteiger partial charge in [0.1, 0.15) is 5.75 Å². The first kappa shape index (κ1) is 17.5. The van der Waals surface area contributed by atoms with Crippen LogP contribution in [0.25, 0.3) is 0 Å². The first-order chi connectivity index (χ1) is 9.39. The summed E-state index contributed by atoms with van der Waals surface area (Å²) < 4.78 is 6.67. The molecule has 0 saturated carbocycles. The second kappa shape index (κ2) is 8.04. The second-order valence-electron chi connectivity index (χ2n) is 6.25. The Balaban J connectivity index is 2.66. The lowest BCUT2D eigenvalue weighted by Crippen LogP contribution is -2.30. The van der Waals surface area contributed by atoms with Gasteiger partial charge >= 0.3 is 0 Å². The molecule has 0 radical (unpaired) electrons. The zero-order valence-electron chi connectivity index (χ0n) is 13.5. The average Bonchev–Trinajstić information content (AvgIpc) is 2.40. The summed E-state index contributed by atoms with van der Waals surface area (Å²) in [4.78, 5) is 0. The van der Waals surface area contributed by atoms with E-state index in [1.165, 1.54) is 17.5 Å². The van der Waals surface area contributed by atoms with Crippen molar-refractivity contribution in [1.82, 2.24) is 5.32 Å². The summed E-state index contributed by atoms with van der Waals surface area (Å²) in [5.41, 5.74) is 2.81. The summed E-state index contributed by atoms with van der Waals surface area (Å²) in [6.45, 7) is 11.1. The summed E-state index contributed by atoms with van der Waals surface area (Å²) in [5, 5.41) is 3.52. The maximum absolute atomic E-state index is 5.51. The third-order valence-corrected chi connectivity index (χ3v) is 4.52. The number of hydrogen-bond acceptors (Lipinski definition) is 2. The van der Waals surface area contributed by atoms with Gasteiger partial charge in [-0.3, -0.25) is 0 Å². The van der Waals surface area contributed by atoms with E-state index in [4.69, 9.17) is 4.74 Å². The van der Waals surface area contributed by atoms with E-state index in [1.807, 2.05) is 0 Å². The van der Waals surface area contributed by atoms with E-state index >= 15 is 0 Å². The Labute approximate surface area is 132 Å². The highest BCUT2D eigenvalue weighted by atomic mass is 79.9. The Hall–Kier alpha value is -0.540. The molecule has 0 unspecified atom stereocenters. The van der Waals surface area contributed by atoms with Gasteiger partial charge in [-0.05, 0) is 61.4 Å². The summed E-state index contributed by atoms with van der Waals surface area (Å²) in [6.07, 6.45) is 3.38. The van der Waals surface area contributed by atoms with Crippen LogP contribution in [-0.2, 0) is 6.42 Å². The SMILES string of the molecule is CCCNCC(C)(C)CCc1cc(Br)c(C)cc1OC. The maximum atomic E-state index is 5.51. The van der Waals surface area contributed by atoms with Crippen LogP contribution in [0.1, 0.15) is 44.7 Å².